The number of nitrogens with two attached hydrogens (primary N) is 1. The largest absolute Gasteiger partial charge is 0.573 e. The highest BCUT2D eigenvalue weighted by Crippen LogP contribution is 2.29. The van der Waals surface area contributed by atoms with Gasteiger partial charge in [-0.3, -0.25) is 0 Å². The van der Waals surface area contributed by atoms with E-state index in [1.807, 2.05) is 0 Å². The minimum Gasteiger partial charge on any atom is -0.439 e. The lowest BCUT2D eigenvalue weighted by Crippen LogP contribution is -2.17. The molecule has 0 bridgehead atoms. The van der Waals surface area contributed by atoms with E-state index in [-0.39, 0.29) is 23.2 Å². The molecule has 2 N–H and O–H groups in total. The van der Waals surface area contributed by atoms with Gasteiger partial charge >= 0.3 is 6.36 Å². The van der Waals surface area contributed by atoms with Crippen LogP contribution in [-0.4, -0.2) is 16.5 Å². The number of hydrogen-bond acceptors (Lipinski definition) is 6. The summed E-state index contributed by atoms with van der Waals surface area (Å²) in [4.78, 5) is 4.00. The smallest absolute Gasteiger partial charge is 0.439 e. The number of halogens is 3. The topological polar surface area (TPSA) is 83.4 Å². The van der Waals surface area contributed by atoms with Crippen molar-refractivity contribution in [2.24, 2.45) is 0 Å². The van der Waals surface area contributed by atoms with Crippen LogP contribution >= 0.6 is 0 Å². The molecular formula is C13H8F3N3O3. The molecule has 0 fully saturated rings. The minimum atomic E-state index is -4.77. The lowest BCUT2D eigenvalue weighted by Gasteiger charge is -2.10. The Morgan fingerprint density at radius 2 is 1.86 bits per heavy atom. The summed E-state index contributed by atoms with van der Waals surface area (Å²) in [6, 6.07) is 8.15. The lowest BCUT2D eigenvalue weighted by molar-refractivity contribution is -0.274. The summed E-state index contributed by atoms with van der Waals surface area (Å²) >= 11 is 0. The molecule has 22 heavy (non-hydrogen) atoms. The maximum absolute atomic E-state index is 12.2. The second-order valence-electron chi connectivity index (χ2n) is 4.19. The van der Waals surface area contributed by atoms with Crippen LogP contribution in [0.15, 0.2) is 40.9 Å². The van der Waals surface area contributed by atoms with E-state index in [2.05, 4.69) is 14.9 Å². The first-order chi connectivity index (χ1) is 10.4. The first kappa shape index (κ1) is 14.0. The maximum atomic E-state index is 12.2. The number of ether oxygens (including phenoxy) is 2. The summed E-state index contributed by atoms with van der Waals surface area (Å²) in [7, 11) is 0. The van der Waals surface area contributed by atoms with Crippen molar-refractivity contribution in [3.8, 4) is 17.4 Å². The number of aromatic nitrogens is 2. The normalized spacial score (nSPS) is 11.6. The molecule has 0 aliphatic heterocycles. The monoisotopic (exact) mass is 311 g/mol. The van der Waals surface area contributed by atoms with Crippen molar-refractivity contribution in [3.05, 3.63) is 36.4 Å². The van der Waals surface area contributed by atoms with Crippen LogP contribution in [0.25, 0.3) is 11.1 Å². The summed E-state index contributed by atoms with van der Waals surface area (Å²) in [5.74, 6) is 0.0403. The highest BCUT2D eigenvalue weighted by Gasteiger charge is 2.31. The first-order valence-corrected chi connectivity index (χ1v) is 5.96. The van der Waals surface area contributed by atoms with Gasteiger partial charge in [0.05, 0.1) is 5.39 Å². The number of nitrogen functional groups attached to an aromatic ring is 1. The summed E-state index contributed by atoms with van der Waals surface area (Å²) in [6.45, 7) is 0. The molecule has 3 aromatic rings. The van der Waals surface area contributed by atoms with Crippen molar-refractivity contribution in [2.75, 3.05) is 5.73 Å². The maximum Gasteiger partial charge on any atom is 0.573 e. The van der Waals surface area contributed by atoms with Crippen molar-refractivity contribution in [1.82, 2.24) is 10.1 Å². The number of rotatable bonds is 3. The Kier molecular flexibility index (Phi) is 3.24. The van der Waals surface area contributed by atoms with Crippen LogP contribution in [0, 0.1) is 0 Å². The van der Waals surface area contributed by atoms with E-state index in [1.54, 1.807) is 6.07 Å². The fourth-order valence-corrected chi connectivity index (χ4v) is 1.74. The average molecular weight is 311 g/mol. The predicted octanol–water partition coefficient (Wildman–Crippen LogP) is 3.50. The lowest BCUT2D eigenvalue weighted by atomic mass is 10.3. The fourth-order valence-electron chi connectivity index (χ4n) is 1.74. The third-order valence-corrected chi connectivity index (χ3v) is 2.60. The average Bonchev–Trinajstić information content (AvgIpc) is 2.78. The highest BCUT2D eigenvalue weighted by atomic mass is 19.4. The molecule has 0 unspecified atom stereocenters. The Balaban J connectivity index is 1.83. The molecule has 0 amide bonds. The zero-order valence-electron chi connectivity index (χ0n) is 10.8. The molecule has 0 radical (unpaired) electrons. The van der Waals surface area contributed by atoms with Gasteiger partial charge in [0.25, 0.3) is 5.71 Å². The number of anilines is 1. The van der Waals surface area contributed by atoms with Crippen molar-refractivity contribution in [3.63, 3.8) is 0 Å². The molecule has 0 atom stereocenters. The van der Waals surface area contributed by atoms with E-state index >= 15 is 0 Å². The molecular weight excluding hydrogens is 303 g/mol. The Morgan fingerprint density at radius 3 is 2.64 bits per heavy atom. The molecule has 0 spiro atoms. The molecule has 1 aromatic carbocycles. The molecule has 0 saturated carbocycles. The number of fused-ring (bicyclic) bond motifs is 1. The molecule has 0 saturated heterocycles. The van der Waals surface area contributed by atoms with E-state index < -0.39 is 12.1 Å². The van der Waals surface area contributed by atoms with Crippen molar-refractivity contribution >= 4 is 16.9 Å². The number of pyridine rings is 1. The van der Waals surface area contributed by atoms with E-state index in [4.69, 9.17) is 15.0 Å². The van der Waals surface area contributed by atoms with Crippen LogP contribution in [0.2, 0.25) is 0 Å². The molecule has 2 aromatic heterocycles. The third kappa shape index (κ3) is 3.03. The Labute approximate surface area is 121 Å². The number of benzene rings is 1. The second kappa shape index (κ2) is 5.10. The van der Waals surface area contributed by atoms with Gasteiger partial charge in [0, 0.05) is 12.1 Å². The van der Waals surface area contributed by atoms with Crippen LogP contribution in [-0.2, 0) is 0 Å². The van der Waals surface area contributed by atoms with E-state index in [1.165, 1.54) is 18.2 Å². The first-order valence-electron chi connectivity index (χ1n) is 5.96. The van der Waals surface area contributed by atoms with Crippen LogP contribution in [0.3, 0.4) is 0 Å². The van der Waals surface area contributed by atoms with Gasteiger partial charge < -0.3 is 19.7 Å². The van der Waals surface area contributed by atoms with E-state index in [9.17, 15) is 13.2 Å². The Morgan fingerprint density at radius 1 is 1.09 bits per heavy atom. The highest BCUT2D eigenvalue weighted by molar-refractivity contribution is 5.84. The fraction of sp³-hybridized carbons (Fsp3) is 0.0769. The van der Waals surface area contributed by atoms with Crippen LogP contribution in [0.4, 0.5) is 19.0 Å². The predicted molar refractivity (Wildman–Crippen MR) is 69.4 cm³/mol. The van der Waals surface area contributed by atoms with Gasteiger partial charge in [0.1, 0.15) is 11.5 Å². The Bertz CT molecular complexity index is 817. The van der Waals surface area contributed by atoms with E-state index in [0.29, 0.717) is 5.39 Å². The van der Waals surface area contributed by atoms with Crippen molar-refractivity contribution < 1.29 is 27.2 Å². The minimum absolute atomic E-state index is 0.118. The van der Waals surface area contributed by atoms with Gasteiger partial charge in [-0.15, -0.1) is 13.2 Å². The molecule has 0 aliphatic carbocycles. The second-order valence-corrected chi connectivity index (χ2v) is 4.19. The van der Waals surface area contributed by atoms with Gasteiger partial charge in [-0.05, 0) is 18.2 Å². The number of hydrogen-bond donors (Lipinski definition) is 1. The van der Waals surface area contributed by atoms with Crippen LogP contribution in [0.1, 0.15) is 0 Å². The van der Waals surface area contributed by atoms with Crippen molar-refractivity contribution in [2.45, 2.75) is 6.36 Å². The molecule has 0 aliphatic rings. The number of alkyl halides is 3. The summed E-state index contributed by atoms with van der Waals surface area (Å²) in [5.41, 5.74) is 5.71. The van der Waals surface area contributed by atoms with E-state index in [0.717, 1.165) is 12.1 Å². The number of nitrogens with zero attached hydrogens (tertiary/aromatic N) is 2. The summed E-state index contributed by atoms with van der Waals surface area (Å²) in [6.07, 6.45) is -4.77. The third-order valence-electron chi connectivity index (χ3n) is 2.60. The van der Waals surface area contributed by atoms with Gasteiger partial charge in [-0.25, -0.2) is 0 Å². The summed E-state index contributed by atoms with van der Waals surface area (Å²) in [5, 5.41) is 4.05. The van der Waals surface area contributed by atoms with Gasteiger partial charge in [-0.2, -0.15) is 4.98 Å². The SMILES string of the molecule is Nc1noc2nc(Oc3cccc(OC(F)(F)F)c3)ccc12. The molecule has 3 rings (SSSR count). The van der Waals surface area contributed by atoms with Crippen LogP contribution < -0.4 is 15.2 Å². The van der Waals surface area contributed by atoms with Crippen molar-refractivity contribution in [1.29, 1.82) is 0 Å². The standard InChI is InChI=1S/C13H8F3N3O3/c14-13(15,16)21-8-3-1-2-7(6-8)20-10-5-4-9-11(17)19-22-12(9)18-10/h1-6H,(H2,17,19). The van der Waals surface area contributed by atoms with Gasteiger partial charge in [0.15, 0.2) is 5.82 Å². The summed E-state index contributed by atoms with van der Waals surface area (Å²) < 4.78 is 50.6. The molecule has 114 valence electrons. The van der Waals surface area contributed by atoms with Gasteiger partial charge in [-0.1, -0.05) is 11.2 Å². The Hall–Kier alpha value is -2.97. The molecule has 2 heterocycles. The zero-order valence-corrected chi connectivity index (χ0v) is 10.8. The zero-order chi connectivity index (χ0) is 15.7. The quantitative estimate of drug-likeness (QED) is 0.797. The molecule has 9 heteroatoms. The van der Waals surface area contributed by atoms with Crippen LogP contribution in [0.5, 0.6) is 17.4 Å². The molecule has 6 nitrogen and oxygen atoms in total. The van der Waals surface area contributed by atoms with Gasteiger partial charge in [0.2, 0.25) is 5.88 Å².